The van der Waals surface area contributed by atoms with Crippen LogP contribution in [0.1, 0.15) is 41.1 Å². The maximum absolute atomic E-state index is 13.0. The average Bonchev–Trinajstić information content (AvgIpc) is 3.17. The molecule has 2 aromatic rings. The molecule has 2 aliphatic carbocycles. The topological polar surface area (TPSA) is 17.1 Å². The summed E-state index contributed by atoms with van der Waals surface area (Å²) in [6.45, 7) is 0. The molecule has 0 heterocycles. The number of Topliss-reactive ketones (excluding diaryl/α,β-unsaturated/α-hetero) is 1. The highest BCUT2D eigenvalue weighted by atomic mass is 16.1. The van der Waals surface area contributed by atoms with E-state index < -0.39 is 0 Å². The Labute approximate surface area is 126 Å². The number of hydrogen-bond donors (Lipinski definition) is 0. The molecule has 21 heavy (non-hydrogen) atoms. The standard InChI is InChI=1S/C20H20O/c21-20(15-9-5-2-6-10-15)19-17-12-11-16(13-17)18(19)14-7-3-1-4-8-14/h1-10,16-19H,11-13H2. The van der Waals surface area contributed by atoms with Crippen LogP contribution in [0.25, 0.3) is 0 Å². The Hall–Kier alpha value is -1.89. The van der Waals surface area contributed by atoms with E-state index in [0.717, 1.165) is 5.56 Å². The van der Waals surface area contributed by atoms with Crippen molar-refractivity contribution in [3.63, 3.8) is 0 Å². The van der Waals surface area contributed by atoms with E-state index in [-0.39, 0.29) is 5.92 Å². The summed E-state index contributed by atoms with van der Waals surface area (Å²) >= 11 is 0. The van der Waals surface area contributed by atoms with Gasteiger partial charge in [0.15, 0.2) is 5.78 Å². The highest BCUT2D eigenvalue weighted by Gasteiger charge is 2.50. The van der Waals surface area contributed by atoms with Gasteiger partial charge in [0.05, 0.1) is 0 Å². The number of benzene rings is 2. The predicted octanol–water partition coefficient (Wildman–Crippen LogP) is 4.70. The normalized spacial score (nSPS) is 30.5. The molecular weight excluding hydrogens is 256 g/mol. The smallest absolute Gasteiger partial charge is 0.166 e. The summed E-state index contributed by atoms with van der Waals surface area (Å²) in [7, 11) is 0. The SMILES string of the molecule is O=C(c1ccccc1)C1C2CCC(C2)C1c1ccccc1. The predicted molar refractivity (Wildman–Crippen MR) is 84.3 cm³/mol. The minimum absolute atomic E-state index is 0.188. The summed E-state index contributed by atoms with van der Waals surface area (Å²) in [6.07, 6.45) is 3.77. The molecule has 2 aliphatic rings. The molecule has 0 amide bonds. The zero-order valence-electron chi connectivity index (χ0n) is 12.1. The third kappa shape index (κ3) is 2.12. The van der Waals surface area contributed by atoms with Crippen molar-refractivity contribution in [2.75, 3.05) is 0 Å². The fraction of sp³-hybridized carbons (Fsp3) is 0.350. The summed E-state index contributed by atoms with van der Waals surface area (Å²) in [5.74, 6) is 2.27. The molecule has 1 nitrogen and oxygen atoms in total. The maximum atomic E-state index is 13.0. The first-order valence-corrected chi connectivity index (χ1v) is 7.99. The second-order valence-corrected chi connectivity index (χ2v) is 6.53. The van der Waals surface area contributed by atoms with E-state index in [1.165, 1.54) is 24.8 Å². The van der Waals surface area contributed by atoms with Crippen LogP contribution in [0.2, 0.25) is 0 Å². The molecule has 106 valence electrons. The summed E-state index contributed by atoms with van der Waals surface area (Å²) in [5.41, 5.74) is 2.25. The molecule has 4 atom stereocenters. The lowest BCUT2D eigenvalue weighted by molar-refractivity contribution is 0.0853. The lowest BCUT2D eigenvalue weighted by Gasteiger charge is -2.30. The van der Waals surface area contributed by atoms with Gasteiger partial charge in [-0.3, -0.25) is 4.79 Å². The molecule has 0 saturated heterocycles. The van der Waals surface area contributed by atoms with Gasteiger partial charge in [-0.25, -0.2) is 0 Å². The Balaban J connectivity index is 1.71. The molecule has 2 fully saturated rings. The molecule has 2 saturated carbocycles. The molecule has 4 rings (SSSR count). The summed E-state index contributed by atoms with van der Waals surface area (Å²) in [4.78, 5) is 13.0. The fourth-order valence-electron chi connectivity index (χ4n) is 4.62. The van der Waals surface area contributed by atoms with Gasteiger partial charge in [-0.1, -0.05) is 60.7 Å². The fourth-order valence-corrected chi connectivity index (χ4v) is 4.62. The molecule has 0 radical (unpaired) electrons. The van der Waals surface area contributed by atoms with Crippen molar-refractivity contribution < 1.29 is 4.79 Å². The van der Waals surface area contributed by atoms with Crippen LogP contribution in [0.15, 0.2) is 60.7 Å². The lowest BCUT2D eigenvalue weighted by Crippen LogP contribution is -2.28. The van der Waals surface area contributed by atoms with Crippen molar-refractivity contribution in [1.29, 1.82) is 0 Å². The Morgan fingerprint density at radius 2 is 1.43 bits per heavy atom. The number of carbonyl (C=O) groups is 1. The van der Waals surface area contributed by atoms with Gasteiger partial charge in [0.1, 0.15) is 0 Å². The first kappa shape index (κ1) is 12.8. The summed E-state index contributed by atoms with van der Waals surface area (Å²) < 4.78 is 0. The Kier molecular flexibility index (Phi) is 3.14. The zero-order valence-corrected chi connectivity index (χ0v) is 12.1. The van der Waals surface area contributed by atoms with Crippen LogP contribution in [-0.4, -0.2) is 5.78 Å². The molecule has 0 aliphatic heterocycles. The van der Waals surface area contributed by atoms with E-state index >= 15 is 0 Å². The second-order valence-electron chi connectivity index (χ2n) is 6.53. The molecule has 0 spiro atoms. The van der Waals surface area contributed by atoms with Crippen LogP contribution in [0.4, 0.5) is 0 Å². The third-order valence-electron chi connectivity index (χ3n) is 5.46. The van der Waals surface area contributed by atoms with Crippen molar-refractivity contribution in [2.45, 2.75) is 25.2 Å². The van der Waals surface area contributed by atoms with Crippen molar-refractivity contribution >= 4 is 5.78 Å². The number of rotatable bonds is 3. The summed E-state index contributed by atoms with van der Waals surface area (Å²) in [5, 5.41) is 0. The molecular formula is C20H20O. The molecule has 2 aromatic carbocycles. The number of ketones is 1. The van der Waals surface area contributed by atoms with Gasteiger partial charge in [-0.2, -0.15) is 0 Å². The van der Waals surface area contributed by atoms with Gasteiger partial charge in [0.2, 0.25) is 0 Å². The van der Waals surface area contributed by atoms with Crippen molar-refractivity contribution in [2.24, 2.45) is 17.8 Å². The minimum atomic E-state index is 0.188. The van der Waals surface area contributed by atoms with E-state index in [0.29, 0.717) is 23.5 Å². The van der Waals surface area contributed by atoms with Crippen LogP contribution < -0.4 is 0 Å². The lowest BCUT2D eigenvalue weighted by atomic mass is 9.72. The van der Waals surface area contributed by atoms with Crippen LogP contribution in [0, 0.1) is 17.8 Å². The van der Waals surface area contributed by atoms with Gasteiger partial charge in [-0.15, -0.1) is 0 Å². The van der Waals surface area contributed by atoms with E-state index in [1.807, 2.05) is 30.3 Å². The average molecular weight is 276 g/mol. The molecule has 4 unspecified atom stereocenters. The minimum Gasteiger partial charge on any atom is -0.294 e. The number of hydrogen-bond acceptors (Lipinski definition) is 1. The third-order valence-corrected chi connectivity index (χ3v) is 5.46. The molecule has 2 bridgehead atoms. The van der Waals surface area contributed by atoms with E-state index in [4.69, 9.17) is 0 Å². The zero-order chi connectivity index (χ0) is 14.2. The van der Waals surface area contributed by atoms with Crippen molar-refractivity contribution in [3.05, 3.63) is 71.8 Å². The van der Waals surface area contributed by atoms with E-state index in [2.05, 4.69) is 30.3 Å². The molecule has 0 N–H and O–H groups in total. The maximum Gasteiger partial charge on any atom is 0.166 e. The highest BCUT2D eigenvalue weighted by Crippen LogP contribution is 2.57. The Morgan fingerprint density at radius 1 is 0.810 bits per heavy atom. The number of fused-ring (bicyclic) bond motifs is 2. The van der Waals surface area contributed by atoms with Crippen LogP contribution in [0.5, 0.6) is 0 Å². The first-order chi connectivity index (χ1) is 10.3. The number of carbonyl (C=O) groups excluding carboxylic acids is 1. The van der Waals surface area contributed by atoms with Gasteiger partial charge >= 0.3 is 0 Å². The van der Waals surface area contributed by atoms with Gasteiger partial charge < -0.3 is 0 Å². The Morgan fingerprint density at radius 3 is 2.14 bits per heavy atom. The monoisotopic (exact) mass is 276 g/mol. The largest absolute Gasteiger partial charge is 0.294 e. The quantitative estimate of drug-likeness (QED) is 0.743. The van der Waals surface area contributed by atoms with Crippen LogP contribution >= 0.6 is 0 Å². The van der Waals surface area contributed by atoms with Crippen LogP contribution in [-0.2, 0) is 0 Å². The highest BCUT2D eigenvalue weighted by molar-refractivity contribution is 5.99. The second kappa shape index (κ2) is 5.14. The Bertz CT molecular complexity index is 631. The van der Waals surface area contributed by atoms with Crippen molar-refractivity contribution in [1.82, 2.24) is 0 Å². The van der Waals surface area contributed by atoms with Gasteiger partial charge in [0.25, 0.3) is 0 Å². The van der Waals surface area contributed by atoms with E-state index in [9.17, 15) is 4.79 Å². The van der Waals surface area contributed by atoms with Gasteiger partial charge in [0, 0.05) is 11.5 Å². The molecule has 0 aromatic heterocycles. The first-order valence-electron chi connectivity index (χ1n) is 7.99. The van der Waals surface area contributed by atoms with E-state index in [1.54, 1.807) is 0 Å². The van der Waals surface area contributed by atoms with Crippen molar-refractivity contribution in [3.8, 4) is 0 Å². The summed E-state index contributed by atoms with van der Waals surface area (Å²) in [6, 6.07) is 20.5. The molecule has 1 heteroatoms. The van der Waals surface area contributed by atoms with Crippen LogP contribution in [0.3, 0.4) is 0 Å². The van der Waals surface area contributed by atoms with Gasteiger partial charge in [-0.05, 0) is 42.6 Å².